The molecule has 6 heteroatoms. The molecule has 1 rings (SSSR count). The number of rotatable bonds is 4. The highest BCUT2D eigenvalue weighted by molar-refractivity contribution is 6.17. The van der Waals surface area contributed by atoms with Crippen LogP contribution in [0.25, 0.3) is 0 Å². The summed E-state index contributed by atoms with van der Waals surface area (Å²) in [7, 11) is 0. The molecule has 0 aromatic carbocycles. The third-order valence-corrected chi connectivity index (χ3v) is 1.64. The van der Waals surface area contributed by atoms with E-state index in [0.29, 0.717) is 5.56 Å². The fraction of sp³-hybridized carbons (Fsp3) is 0.222. The SMILES string of the molecule is O=C(CNC(=O)c1cccnc1)OCCl. The lowest BCUT2D eigenvalue weighted by Crippen LogP contribution is -2.30. The molecule has 0 spiro atoms. The van der Waals surface area contributed by atoms with Gasteiger partial charge in [0.1, 0.15) is 6.54 Å². The van der Waals surface area contributed by atoms with Gasteiger partial charge < -0.3 is 10.1 Å². The van der Waals surface area contributed by atoms with Crippen molar-refractivity contribution in [2.24, 2.45) is 0 Å². The Balaban J connectivity index is 2.40. The van der Waals surface area contributed by atoms with Gasteiger partial charge in [0.15, 0.2) is 6.07 Å². The van der Waals surface area contributed by atoms with Crippen molar-refractivity contribution >= 4 is 23.5 Å². The first-order valence-electron chi connectivity index (χ1n) is 4.14. The summed E-state index contributed by atoms with van der Waals surface area (Å²) in [6, 6.07) is 3.00. The Labute approximate surface area is 91.4 Å². The number of carbonyl (C=O) groups is 2. The Morgan fingerprint density at radius 3 is 2.93 bits per heavy atom. The van der Waals surface area contributed by atoms with E-state index in [-0.39, 0.29) is 18.5 Å². The van der Waals surface area contributed by atoms with Gasteiger partial charge in [-0.2, -0.15) is 0 Å². The zero-order valence-electron chi connectivity index (χ0n) is 7.77. The summed E-state index contributed by atoms with van der Waals surface area (Å²) < 4.78 is 4.42. The minimum Gasteiger partial charge on any atom is -0.448 e. The highest BCUT2D eigenvalue weighted by Gasteiger charge is 2.07. The van der Waals surface area contributed by atoms with Crippen LogP contribution in [0.2, 0.25) is 0 Å². The van der Waals surface area contributed by atoms with Crippen molar-refractivity contribution in [2.45, 2.75) is 0 Å². The molecule has 1 heterocycles. The molecule has 15 heavy (non-hydrogen) atoms. The van der Waals surface area contributed by atoms with Crippen LogP contribution < -0.4 is 5.32 Å². The first kappa shape index (κ1) is 11.5. The molecule has 0 fully saturated rings. The van der Waals surface area contributed by atoms with Gasteiger partial charge in [0, 0.05) is 12.4 Å². The highest BCUT2D eigenvalue weighted by atomic mass is 35.5. The predicted octanol–water partition coefficient (Wildman–Crippen LogP) is 0.551. The summed E-state index contributed by atoms with van der Waals surface area (Å²) in [6.07, 6.45) is 2.96. The largest absolute Gasteiger partial charge is 0.448 e. The Morgan fingerprint density at radius 1 is 1.53 bits per heavy atom. The maximum Gasteiger partial charge on any atom is 0.326 e. The summed E-state index contributed by atoms with van der Waals surface area (Å²) in [5.41, 5.74) is 0.385. The third-order valence-electron chi connectivity index (χ3n) is 1.53. The second-order valence-electron chi connectivity index (χ2n) is 2.55. The number of alkyl halides is 1. The Morgan fingerprint density at radius 2 is 2.33 bits per heavy atom. The van der Waals surface area contributed by atoms with Gasteiger partial charge in [-0.15, -0.1) is 0 Å². The molecule has 0 aliphatic carbocycles. The van der Waals surface area contributed by atoms with Gasteiger partial charge in [-0.1, -0.05) is 11.6 Å². The number of hydrogen-bond donors (Lipinski definition) is 1. The molecule has 0 radical (unpaired) electrons. The first-order valence-corrected chi connectivity index (χ1v) is 4.67. The summed E-state index contributed by atoms with van der Waals surface area (Å²) in [4.78, 5) is 26.0. The topological polar surface area (TPSA) is 68.3 Å². The quantitative estimate of drug-likeness (QED) is 0.604. The molecule has 80 valence electrons. The lowest BCUT2D eigenvalue weighted by Gasteiger charge is -2.03. The molecular weight excluding hydrogens is 220 g/mol. The van der Waals surface area contributed by atoms with Crippen molar-refractivity contribution < 1.29 is 14.3 Å². The van der Waals surface area contributed by atoms with Crippen molar-refractivity contribution in [3.05, 3.63) is 30.1 Å². The lowest BCUT2D eigenvalue weighted by atomic mass is 10.3. The molecule has 5 nitrogen and oxygen atoms in total. The first-order chi connectivity index (χ1) is 7.24. The smallest absolute Gasteiger partial charge is 0.326 e. The maximum atomic E-state index is 11.4. The van der Waals surface area contributed by atoms with E-state index in [1.54, 1.807) is 18.3 Å². The van der Waals surface area contributed by atoms with Crippen LogP contribution in [0.3, 0.4) is 0 Å². The zero-order chi connectivity index (χ0) is 11.1. The Kier molecular flexibility index (Phi) is 4.56. The second-order valence-corrected chi connectivity index (χ2v) is 2.77. The third kappa shape index (κ3) is 3.95. The Hall–Kier alpha value is -1.62. The minimum absolute atomic E-state index is 0.208. The molecule has 0 saturated heterocycles. The van der Waals surface area contributed by atoms with Crippen molar-refractivity contribution in [1.29, 1.82) is 0 Å². The number of nitrogens with one attached hydrogen (secondary N) is 1. The van der Waals surface area contributed by atoms with E-state index in [9.17, 15) is 9.59 Å². The highest BCUT2D eigenvalue weighted by Crippen LogP contribution is 1.94. The summed E-state index contributed by atoms with van der Waals surface area (Å²) >= 11 is 5.16. The molecule has 0 bridgehead atoms. The van der Waals surface area contributed by atoms with Crippen molar-refractivity contribution in [3.63, 3.8) is 0 Å². The minimum atomic E-state index is -0.581. The van der Waals surface area contributed by atoms with Gasteiger partial charge in [0.05, 0.1) is 5.56 Å². The summed E-state index contributed by atoms with van der Waals surface area (Å²) in [6.45, 7) is -0.208. The van der Waals surface area contributed by atoms with Crippen LogP contribution in [0.4, 0.5) is 0 Å². The van der Waals surface area contributed by atoms with Crippen LogP contribution in [0.5, 0.6) is 0 Å². The zero-order valence-corrected chi connectivity index (χ0v) is 8.53. The van der Waals surface area contributed by atoms with E-state index in [2.05, 4.69) is 15.0 Å². The molecule has 0 aliphatic rings. The normalized spacial score (nSPS) is 9.40. The van der Waals surface area contributed by atoms with E-state index >= 15 is 0 Å². The maximum absolute atomic E-state index is 11.4. The van der Waals surface area contributed by atoms with E-state index in [1.807, 2.05) is 0 Å². The number of carbonyl (C=O) groups excluding carboxylic acids is 2. The van der Waals surface area contributed by atoms with Gasteiger partial charge in [-0.3, -0.25) is 14.6 Å². The van der Waals surface area contributed by atoms with Gasteiger partial charge in [-0.05, 0) is 12.1 Å². The van der Waals surface area contributed by atoms with Gasteiger partial charge >= 0.3 is 5.97 Å². The van der Waals surface area contributed by atoms with Crippen molar-refractivity contribution in [3.8, 4) is 0 Å². The van der Waals surface area contributed by atoms with Crippen molar-refractivity contribution in [2.75, 3.05) is 12.6 Å². The van der Waals surface area contributed by atoms with Gasteiger partial charge in [-0.25, -0.2) is 0 Å². The summed E-state index contributed by atoms with van der Waals surface area (Å²) in [5.74, 6) is -0.961. The molecule has 0 saturated carbocycles. The predicted molar refractivity (Wildman–Crippen MR) is 53.4 cm³/mol. The molecule has 0 unspecified atom stereocenters. The molecule has 1 aromatic heterocycles. The summed E-state index contributed by atoms with van der Waals surface area (Å²) in [5, 5.41) is 2.37. The monoisotopic (exact) mass is 228 g/mol. The molecule has 1 amide bonds. The number of aromatic nitrogens is 1. The van der Waals surface area contributed by atoms with Gasteiger partial charge in [0.25, 0.3) is 5.91 Å². The van der Waals surface area contributed by atoms with Crippen molar-refractivity contribution in [1.82, 2.24) is 10.3 Å². The number of amides is 1. The number of esters is 1. The average Bonchev–Trinajstić information content (AvgIpc) is 2.27. The fourth-order valence-corrected chi connectivity index (χ4v) is 0.985. The molecular formula is C9H9ClN2O3. The number of hydrogen-bond acceptors (Lipinski definition) is 4. The number of ether oxygens (including phenoxy) is 1. The number of halogens is 1. The van der Waals surface area contributed by atoms with E-state index in [1.165, 1.54) is 6.20 Å². The number of nitrogens with zero attached hydrogens (tertiary/aromatic N) is 1. The van der Waals surface area contributed by atoms with Crippen LogP contribution in [-0.2, 0) is 9.53 Å². The average molecular weight is 229 g/mol. The van der Waals surface area contributed by atoms with E-state index in [0.717, 1.165) is 0 Å². The van der Waals surface area contributed by atoms with Crippen LogP contribution >= 0.6 is 11.6 Å². The van der Waals surface area contributed by atoms with Crippen LogP contribution in [0, 0.1) is 0 Å². The fourth-order valence-electron chi connectivity index (χ4n) is 0.863. The van der Waals surface area contributed by atoms with E-state index in [4.69, 9.17) is 11.6 Å². The second kappa shape index (κ2) is 5.98. The van der Waals surface area contributed by atoms with E-state index < -0.39 is 5.97 Å². The van der Waals surface area contributed by atoms with Gasteiger partial charge in [0.2, 0.25) is 0 Å². The number of pyridine rings is 1. The standard InChI is InChI=1S/C9H9ClN2O3/c10-6-15-8(13)5-12-9(14)7-2-1-3-11-4-7/h1-4H,5-6H2,(H,12,14). The molecule has 0 aliphatic heterocycles. The molecule has 1 aromatic rings. The van der Waals surface area contributed by atoms with Crippen LogP contribution in [-0.4, -0.2) is 29.5 Å². The Bertz CT molecular complexity index is 342. The van der Waals surface area contributed by atoms with Crippen LogP contribution in [0.15, 0.2) is 24.5 Å². The van der Waals surface area contributed by atoms with Crippen LogP contribution in [0.1, 0.15) is 10.4 Å². The lowest BCUT2D eigenvalue weighted by molar-refractivity contribution is -0.140. The molecule has 1 N–H and O–H groups in total. The molecule has 0 atom stereocenters.